The highest BCUT2D eigenvalue weighted by Crippen LogP contribution is 1.72. The van der Waals surface area contributed by atoms with Crippen LogP contribution in [0.4, 0.5) is 0 Å². The molecule has 0 atom stereocenters. The van der Waals surface area contributed by atoms with E-state index < -0.39 is 0 Å². The normalized spacial score (nSPS) is 8.00. The zero-order valence-corrected chi connectivity index (χ0v) is 3.26. The first-order chi connectivity index (χ1) is 3.00. The highest BCUT2D eigenvalue weighted by atomic mass is 14.6. The maximum absolute atomic E-state index is 3.75. The fraction of sp³-hybridized carbons (Fsp3) is 0. The SMILES string of the molecule is [c]1ccncc1. The van der Waals surface area contributed by atoms with E-state index in [1.807, 2.05) is 0 Å². The van der Waals surface area contributed by atoms with E-state index in [1.165, 1.54) is 0 Å². The Hall–Kier alpha value is -0.850. The van der Waals surface area contributed by atoms with Gasteiger partial charge in [-0.05, 0) is 18.2 Å². The van der Waals surface area contributed by atoms with Crippen LogP contribution in [0, 0.1) is 6.07 Å². The Bertz CT molecular complexity index is 75.9. The van der Waals surface area contributed by atoms with E-state index in [0.29, 0.717) is 0 Å². The second kappa shape index (κ2) is 1.55. The lowest BCUT2D eigenvalue weighted by Gasteiger charge is -1.69. The van der Waals surface area contributed by atoms with Crippen LogP contribution in [0.2, 0.25) is 0 Å². The van der Waals surface area contributed by atoms with Crippen molar-refractivity contribution in [2.45, 2.75) is 0 Å². The third-order valence-corrected chi connectivity index (χ3v) is 0.514. The lowest BCUT2D eigenvalue weighted by molar-refractivity contribution is 1.33. The quantitative estimate of drug-likeness (QED) is 0.449. The van der Waals surface area contributed by atoms with E-state index in [2.05, 4.69) is 11.1 Å². The molecule has 0 saturated carbocycles. The van der Waals surface area contributed by atoms with Crippen molar-refractivity contribution in [2.24, 2.45) is 0 Å². The van der Waals surface area contributed by atoms with Gasteiger partial charge < -0.3 is 0 Å². The summed E-state index contributed by atoms with van der Waals surface area (Å²) in [5, 5.41) is 0. The van der Waals surface area contributed by atoms with Crippen molar-refractivity contribution >= 4 is 0 Å². The minimum Gasteiger partial charge on any atom is -0.265 e. The molecule has 0 amide bonds. The van der Waals surface area contributed by atoms with Gasteiger partial charge in [-0.15, -0.1) is 0 Å². The predicted octanol–water partition coefficient (Wildman–Crippen LogP) is 0.882. The molecule has 0 unspecified atom stereocenters. The summed E-state index contributed by atoms with van der Waals surface area (Å²) in [6, 6.07) is 6.36. The number of pyridine rings is 1. The highest BCUT2D eigenvalue weighted by molar-refractivity contribution is 4.85. The molecule has 1 nitrogen and oxygen atoms in total. The van der Waals surface area contributed by atoms with E-state index in [-0.39, 0.29) is 0 Å². The Morgan fingerprint density at radius 3 is 2.00 bits per heavy atom. The van der Waals surface area contributed by atoms with Crippen molar-refractivity contribution in [1.29, 1.82) is 0 Å². The molecule has 29 valence electrons. The van der Waals surface area contributed by atoms with Crippen LogP contribution >= 0.6 is 0 Å². The van der Waals surface area contributed by atoms with Gasteiger partial charge in [0.05, 0.1) is 0 Å². The third kappa shape index (κ3) is 0.549. The molecule has 1 radical (unpaired) electrons. The van der Waals surface area contributed by atoms with Crippen LogP contribution in [0.15, 0.2) is 24.5 Å². The van der Waals surface area contributed by atoms with Crippen LogP contribution in [0.1, 0.15) is 0 Å². The molecule has 6 heavy (non-hydrogen) atoms. The van der Waals surface area contributed by atoms with Gasteiger partial charge in [0.25, 0.3) is 0 Å². The summed E-state index contributed by atoms with van der Waals surface area (Å²) in [6.07, 6.45) is 3.39. The van der Waals surface area contributed by atoms with Gasteiger partial charge in [0, 0.05) is 12.4 Å². The molecule has 0 saturated heterocycles. The number of hydrogen-bond donors (Lipinski definition) is 0. The summed E-state index contributed by atoms with van der Waals surface area (Å²) < 4.78 is 0. The van der Waals surface area contributed by atoms with Crippen LogP contribution in [0.25, 0.3) is 0 Å². The Labute approximate surface area is 36.7 Å². The smallest absolute Gasteiger partial charge is 0.0273 e. The van der Waals surface area contributed by atoms with Crippen LogP contribution in [0.3, 0.4) is 0 Å². The predicted molar refractivity (Wildman–Crippen MR) is 23.1 cm³/mol. The highest BCUT2D eigenvalue weighted by Gasteiger charge is 1.59. The molecule has 1 heterocycles. The van der Waals surface area contributed by atoms with Gasteiger partial charge in [-0.1, -0.05) is 0 Å². The molecule has 0 aliphatic heterocycles. The van der Waals surface area contributed by atoms with Crippen LogP contribution in [-0.2, 0) is 0 Å². The Balaban J connectivity index is 3.00. The topological polar surface area (TPSA) is 12.9 Å². The lowest BCUT2D eigenvalue weighted by Crippen LogP contribution is -1.59. The summed E-state index contributed by atoms with van der Waals surface area (Å²) >= 11 is 0. The first-order valence-electron chi connectivity index (χ1n) is 1.76. The van der Waals surface area contributed by atoms with Crippen LogP contribution < -0.4 is 0 Å². The Morgan fingerprint density at radius 1 is 1.17 bits per heavy atom. The summed E-state index contributed by atoms with van der Waals surface area (Å²) in [7, 11) is 0. The molecule has 0 bridgehead atoms. The molecule has 0 spiro atoms. The molecule has 1 rings (SSSR count). The fourth-order valence-corrected chi connectivity index (χ4v) is 0.277. The monoisotopic (exact) mass is 78.0 g/mol. The summed E-state index contributed by atoms with van der Waals surface area (Å²) in [5.41, 5.74) is 0. The molecule has 0 aliphatic rings. The van der Waals surface area contributed by atoms with Gasteiger partial charge in [0.2, 0.25) is 0 Å². The molecule has 1 aromatic rings. The zero-order chi connectivity index (χ0) is 4.24. The maximum Gasteiger partial charge on any atom is 0.0273 e. The van der Waals surface area contributed by atoms with Crippen molar-refractivity contribution < 1.29 is 0 Å². The number of nitrogens with zero attached hydrogens (tertiary/aromatic N) is 1. The van der Waals surface area contributed by atoms with Crippen molar-refractivity contribution in [3.63, 3.8) is 0 Å². The van der Waals surface area contributed by atoms with E-state index in [9.17, 15) is 0 Å². The molecular weight excluding hydrogens is 74.1 g/mol. The molecule has 0 aliphatic carbocycles. The molecule has 0 aromatic carbocycles. The number of rotatable bonds is 0. The van der Waals surface area contributed by atoms with Crippen LogP contribution in [-0.4, -0.2) is 4.98 Å². The van der Waals surface area contributed by atoms with E-state index in [1.54, 1.807) is 24.5 Å². The molecule has 1 aromatic heterocycles. The lowest BCUT2D eigenvalue weighted by atomic mass is 10.5. The second-order valence-corrected chi connectivity index (χ2v) is 0.947. The van der Waals surface area contributed by atoms with Crippen LogP contribution in [0.5, 0.6) is 0 Å². The number of aromatic nitrogens is 1. The summed E-state index contributed by atoms with van der Waals surface area (Å²) in [6.45, 7) is 0. The first-order valence-corrected chi connectivity index (χ1v) is 1.76. The van der Waals surface area contributed by atoms with Gasteiger partial charge in [-0.2, -0.15) is 0 Å². The zero-order valence-electron chi connectivity index (χ0n) is 3.26. The molecule has 0 N–H and O–H groups in total. The minimum atomic E-state index is 1.69. The van der Waals surface area contributed by atoms with E-state index in [4.69, 9.17) is 0 Å². The molecule has 1 heteroatoms. The second-order valence-electron chi connectivity index (χ2n) is 0.947. The largest absolute Gasteiger partial charge is 0.265 e. The molecular formula is C5H4N. The van der Waals surface area contributed by atoms with Crippen molar-refractivity contribution in [3.8, 4) is 0 Å². The third-order valence-electron chi connectivity index (χ3n) is 0.514. The standard InChI is InChI=1S/C5H4N/c1-2-4-6-5-3-1/h2-5H. The average Bonchev–Trinajstić information content (AvgIpc) is 1.72. The Morgan fingerprint density at radius 2 is 1.83 bits per heavy atom. The van der Waals surface area contributed by atoms with Gasteiger partial charge in [-0.3, -0.25) is 4.98 Å². The van der Waals surface area contributed by atoms with E-state index >= 15 is 0 Å². The van der Waals surface area contributed by atoms with Crippen molar-refractivity contribution in [2.75, 3.05) is 0 Å². The van der Waals surface area contributed by atoms with Gasteiger partial charge >= 0.3 is 0 Å². The first kappa shape index (κ1) is 3.34. The van der Waals surface area contributed by atoms with Crippen molar-refractivity contribution in [1.82, 2.24) is 4.98 Å². The minimum absolute atomic E-state index is 1.69. The summed E-state index contributed by atoms with van der Waals surface area (Å²) in [4.78, 5) is 3.75. The summed E-state index contributed by atoms with van der Waals surface area (Å²) in [5.74, 6) is 0. The van der Waals surface area contributed by atoms with Gasteiger partial charge in [0.15, 0.2) is 0 Å². The van der Waals surface area contributed by atoms with E-state index in [0.717, 1.165) is 0 Å². The van der Waals surface area contributed by atoms with Gasteiger partial charge in [-0.25, -0.2) is 0 Å². The Kier molecular flexibility index (Phi) is 0.865. The van der Waals surface area contributed by atoms with Gasteiger partial charge in [0.1, 0.15) is 0 Å². The average molecular weight is 78.1 g/mol. The maximum atomic E-state index is 3.75. The van der Waals surface area contributed by atoms with Crippen molar-refractivity contribution in [3.05, 3.63) is 30.6 Å². The fourth-order valence-electron chi connectivity index (χ4n) is 0.277. The number of hydrogen-bond acceptors (Lipinski definition) is 1. The molecule has 0 fully saturated rings.